The van der Waals surface area contributed by atoms with E-state index < -0.39 is 21.1 Å². The third-order valence-corrected chi connectivity index (χ3v) is 5.31. The SMILES string of the molecule is CC1C(C)S(=O)(=O)CCN1C(=O)[C@H](C)N. The summed E-state index contributed by atoms with van der Waals surface area (Å²) in [5.41, 5.74) is 5.50. The quantitative estimate of drug-likeness (QED) is 0.655. The molecule has 1 rings (SSSR count). The van der Waals surface area contributed by atoms with Gasteiger partial charge in [-0.05, 0) is 20.8 Å². The average molecular weight is 234 g/mol. The number of amides is 1. The van der Waals surface area contributed by atoms with Gasteiger partial charge in [0.1, 0.15) is 0 Å². The Bertz CT molecular complexity index is 350. The van der Waals surface area contributed by atoms with Crippen LogP contribution in [0.4, 0.5) is 0 Å². The molecule has 1 aliphatic heterocycles. The molecule has 0 aromatic heterocycles. The molecule has 6 heteroatoms. The van der Waals surface area contributed by atoms with Crippen LogP contribution in [0.25, 0.3) is 0 Å². The van der Waals surface area contributed by atoms with E-state index in [0.29, 0.717) is 0 Å². The zero-order valence-electron chi connectivity index (χ0n) is 9.30. The number of carbonyl (C=O) groups excluding carboxylic acids is 1. The molecule has 2 N–H and O–H groups in total. The minimum Gasteiger partial charge on any atom is -0.336 e. The zero-order chi connectivity index (χ0) is 11.8. The van der Waals surface area contributed by atoms with E-state index >= 15 is 0 Å². The zero-order valence-corrected chi connectivity index (χ0v) is 10.1. The second-order valence-corrected chi connectivity index (χ2v) is 6.61. The van der Waals surface area contributed by atoms with Gasteiger partial charge in [0.2, 0.25) is 5.91 Å². The van der Waals surface area contributed by atoms with Gasteiger partial charge in [0, 0.05) is 12.6 Å². The van der Waals surface area contributed by atoms with Crippen molar-refractivity contribution in [2.45, 2.75) is 38.1 Å². The van der Waals surface area contributed by atoms with Crippen LogP contribution >= 0.6 is 0 Å². The number of hydrogen-bond donors (Lipinski definition) is 1. The van der Waals surface area contributed by atoms with Crippen molar-refractivity contribution in [3.63, 3.8) is 0 Å². The molecule has 0 radical (unpaired) electrons. The normalized spacial score (nSPS) is 32.4. The second kappa shape index (κ2) is 4.09. The summed E-state index contributed by atoms with van der Waals surface area (Å²) < 4.78 is 23.1. The van der Waals surface area contributed by atoms with Crippen LogP contribution in [0.15, 0.2) is 0 Å². The highest BCUT2D eigenvalue weighted by molar-refractivity contribution is 7.92. The summed E-state index contributed by atoms with van der Waals surface area (Å²) in [6.45, 7) is 5.26. The molecule has 5 nitrogen and oxygen atoms in total. The van der Waals surface area contributed by atoms with E-state index in [1.54, 1.807) is 25.7 Å². The maximum Gasteiger partial charge on any atom is 0.239 e. The highest BCUT2D eigenvalue weighted by Crippen LogP contribution is 2.19. The Labute approximate surface area is 90.5 Å². The topological polar surface area (TPSA) is 80.5 Å². The van der Waals surface area contributed by atoms with Crippen LogP contribution < -0.4 is 5.73 Å². The van der Waals surface area contributed by atoms with Gasteiger partial charge in [-0.3, -0.25) is 4.79 Å². The molecule has 1 amide bonds. The Morgan fingerprint density at radius 2 is 2.00 bits per heavy atom. The van der Waals surface area contributed by atoms with E-state index in [1.807, 2.05) is 0 Å². The molecule has 0 bridgehead atoms. The van der Waals surface area contributed by atoms with Gasteiger partial charge in [0.05, 0.1) is 17.0 Å². The van der Waals surface area contributed by atoms with Crippen LogP contribution in [0.1, 0.15) is 20.8 Å². The molecule has 88 valence electrons. The number of sulfone groups is 1. The van der Waals surface area contributed by atoms with Crippen molar-refractivity contribution < 1.29 is 13.2 Å². The lowest BCUT2D eigenvalue weighted by molar-refractivity contribution is -0.134. The van der Waals surface area contributed by atoms with Crippen LogP contribution in [0.3, 0.4) is 0 Å². The molecule has 0 aromatic carbocycles. The maximum absolute atomic E-state index is 11.7. The number of nitrogens with zero attached hydrogens (tertiary/aromatic N) is 1. The third kappa shape index (κ3) is 2.31. The number of nitrogens with two attached hydrogens (primary N) is 1. The van der Waals surface area contributed by atoms with Gasteiger partial charge in [0.15, 0.2) is 9.84 Å². The number of hydrogen-bond acceptors (Lipinski definition) is 4. The maximum atomic E-state index is 11.7. The summed E-state index contributed by atoms with van der Waals surface area (Å²) in [5.74, 6) is -0.138. The molecule has 2 unspecified atom stereocenters. The Morgan fingerprint density at radius 1 is 1.47 bits per heavy atom. The minimum absolute atomic E-state index is 0.0387. The molecule has 0 spiro atoms. The van der Waals surface area contributed by atoms with Crippen molar-refractivity contribution in [1.82, 2.24) is 4.90 Å². The van der Waals surface area contributed by atoms with Gasteiger partial charge in [-0.2, -0.15) is 0 Å². The van der Waals surface area contributed by atoms with E-state index in [9.17, 15) is 13.2 Å². The van der Waals surface area contributed by atoms with Crippen molar-refractivity contribution in [3.8, 4) is 0 Å². The lowest BCUT2D eigenvalue weighted by Crippen LogP contribution is -2.57. The van der Waals surface area contributed by atoms with E-state index in [2.05, 4.69) is 0 Å². The number of rotatable bonds is 1. The molecule has 15 heavy (non-hydrogen) atoms. The molecule has 1 aliphatic rings. The van der Waals surface area contributed by atoms with Crippen molar-refractivity contribution >= 4 is 15.7 Å². The molecule has 1 fully saturated rings. The first-order valence-electron chi connectivity index (χ1n) is 5.05. The van der Waals surface area contributed by atoms with Gasteiger partial charge in [-0.25, -0.2) is 8.42 Å². The van der Waals surface area contributed by atoms with Crippen LogP contribution in [0.5, 0.6) is 0 Å². The Kier molecular flexibility index (Phi) is 3.40. The molecular formula is C9H18N2O3S. The second-order valence-electron chi connectivity index (χ2n) is 4.13. The lowest BCUT2D eigenvalue weighted by Gasteiger charge is -2.38. The highest BCUT2D eigenvalue weighted by Gasteiger charge is 2.38. The van der Waals surface area contributed by atoms with E-state index in [1.165, 1.54) is 0 Å². The van der Waals surface area contributed by atoms with Gasteiger partial charge >= 0.3 is 0 Å². The first-order valence-corrected chi connectivity index (χ1v) is 6.76. The van der Waals surface area contributed by atoms with Crippen LogP contribution in [-0.2, 0) is 14.6 Å². The summed E-state index contributed by atoms with van der Waals surface area (Å²) in [6, 6.07) is -0.859. The molecule has 0 aliphatic carbocycles. The lowest BCUT2D eigenvalue weighted by atomic mass is 10.2. The first kappa shape index (κ1) is 12.4. The fraction of sp³-hybridized carbons (Fsp3) is 0.889. The van der Waals surface area contributed by atoms with Crippen molar-refractivity contribution in [2.75, 3.05) is 12.3 Å². The van der Waals surface area contributed by atoms with Crippen molar-refractivity contribution in [2.24, 2.45) is 5.73 Å². The molecule has 3 atom stereocenters. The fourth-order valence-electron chi connectivity index (χ4n) is 1.74. The van der Waals surface area contributed by atoms with Crippen LogP contribution in [0, 0.1) is 0 Å². The summed E-state index contributed by atoms with van der Waals surface area (Å²) in [4.78, 5) is 13.2. The Hall–Kier alpha value is -0.620. The smallest absolute Gasteiger partial charge is 0.239 e. The number of carbonyl (C=O) groups is 1. The summed E-state index contributed by atoms with van der Waals surface area (Å²) >= 11 is 0. The third-order valence-electron chi connectivity index (χ3n) is 3.03. The predicted molar refractivity (Wildman–Crippen MR) is 58.1 cm³/mol. The highest BCUT2D eigenvalue weighted by atomic mass is 32.2. The van der Waals surface area contributed by atoms with Gasteiger partial charge in [-0.1, -0.05) is 0 Å². The van der Waals surface area contributed by atoms with Crippen LogP contribution in [0.2, 0.25) is 0 Å². The minimum atomic E-state index is -3.04. The van der Waals surface area contributed by atoms with E-state index in [4.69, 9.17) is 5.73 Å². The summed E-state index contributed by atoms with van der Waals surface area (Å²) in [7, 11) is -3.04. The Balaban J connectivity index is 2.86. The largest absolute Gasteiger partial charge is 0.336 e. The molecule has 1 heterocycles. The molecule has 0 aromatic rings. The van der Waals surface area contributed by atoms with Gasteiger partial charge in [-0.15, -0.1) is 0 Å². The van der Waals surface area contributed by atoms with Gasteiger partial charge in [0.25, 0.3) is 0 Å². The molecular weight excluding hydrogens is 216 g/mol. The van der Waals surface area contributed by atoms with E-state index in [-0.39, 0.29) is 24.2 Å². The van der Waals surface area contributed by atoms with Gasteiger partial charge < -0.3 is 10.6 Å². The fourth-order valence-corrected chi connectivity index (χ4v) is 3.31. The standard InChI is InChI=1S/C9H18N2O3S/c1-6(10)9(12)11-4-5-15(13,14)8(3)7(11)2/h6-8H,4-5,10H2,1-3H3/t6-,7?,8?/m0/s1. The monoisotopic (exact) mass is 234 g/mol. The average Bonchev–Trinajstić information content (AvgIpc) is 2.14. The van der Waals surface area contributed by atoms with Crippen molar-refractivity contribution in [1.29, 1.82) is 0 Å². The first-order chi connectivity index (χ1) is 6.77. The Morgan fingerprint density at radius 3 is 2.47 bits per heavy atom. The molecule has 0 saturated carbocycles. The molecule has 1 saturated heterocycles. The summed E-state index contributed by atoms with van der Waals surface area (Å²) in [5, 5.41) is -0.506. The summed E-state index contributed by atoms with van der Waals surface area (Å²) in [6.07, 6.45) is 0. The predicted octanol–water partition coefficient (Wildman–Crippen LogP) is -0.632. The van der Waals surface area contributed by atoms with Crippen molar-refractivity contribution in [3.05, 3.63) is 0 Å². The van der Waals surface area contributed by atoms with E-state index in [0.717, 1.165) is 0 Å². The van der Waals surface area contributed by atoms with Crippen LogP contribution in [-0.4, -0.2) is 48.9 Å².